The van der Waals surface area contributed by atoms with Gasteiger partial charge in [-0.1, -0.05) is 60.7 Å². The summed E-state index contributed by atoms with van der Waals surface area (Å²) >= 11 is 5.97. The second kappa shape index (κ2) is 8.08. The highest BCUT2D eigenvalue weighted by molar-refractivity contribution is 6.18. The van der Waals surface area contributed by atoms with Crippen molar-refractivity contribution in [1.29, 1.82) is 0 Å². The van der Waals surface area contributed by atoms with E-state index in [0.717, 1.165) is 19.5 Å². The zero-order chi connectivity index (χ0) is 14.2. The van der Waals surface area contributed by atoms with Gasteiger partial charge in [0.05, 0.1) is 0 Å². The Bertz CT molecular complexity index is 483. The summed E-state index contributed by atoms with van der Waals surface area (Å²) in [6.07, 6.45) is 1.06. The van der Waals surface area contributed by atoms with Gasteiger partial charge in [0.1, 0.15) is 0 Å². The van der Waals surface area contributed by atoms with Crippen molar-refractivity contribution < 1.29 is 0 Å². The highest BCUT2D eigenvalue weighted by Gasteiger charge is 2.14. The molecule has 0 aliphatic rings. The molecular formula is C18H22ClN. The molecule has 0 amide bonds. The largest absolute Gasteiger partial charge is 0.295 e. The third kappa shape index (κ3) is 4.66. The van der Waals surface area contributed by atoms with Crippen LogP contribution >= 0.6 is 11.6 Å². The molecule has 1 atom stereocenters. The summed E-state index contributed by atoms with van der Waals surface area (Å²) < 4.78 is 0. The van der Waals surface area contributed by atoms with Gasteiger partial charge in [0.15, 0.2) is 0 Å². The maximum absolute atomic E-state index is 5.97. The number of hydrogen-bond donors (Lipinski definition) is 0. The number of nitrogens with zero attached hydrogens (tertiary/aromatic N) is 1. The molecule has 1 nitrogen and oxygen atoms in total. The van der Waals surface area contributed by atoms with Crippen LogP contribution in [-0.2, 0) is 13.0 Å². The fourth-order valence-corrected chi connectivity index (χ4v) is 2.68. The fraction of sp³-hybridized carbons (Fsp3) is 0.333. The second-order valence-electron chi connectivity index (χ2n) is 5.18. The number of benzene rings is 2. The van der Waals surface area contributed by atoms with E-state index >= 15 is 0 Å². The van der Waals surface area contributed by atoms with Crippen LogP contribution in [0.3, 0.4) is 0 Å². The quantitative estimate of drug-likeness (QED) is 0.684. The first-order valence-electron chi connectivity index (χ1n) is 7.17. The van der Waals surface area contributed by atoms with E-state index in [0.29, 0.717) is 11.9 Å². The van der Waals surface area contributed by atoms with Crippen molar-refractivity contribution in [3.63, 3.8) is 0 Å². The zero-order valence-corrected chi connectivity index (χ0v) is 12.8. The minimum Gasteiger partial charge on any atom is -0.295 e. The normalized spacial score (nSPS) is 12.6. The molecule has 0 aliphatic heterocycles. The average molecular weight is 288 g/mol. The van der Waals surface area contributed by atoms with Crippen LogP contribution in [0.25, 0.3) is 0 Å². The first-order valence-corrected chi connectivity index (χ1v) is 7.71. The molecule has 0 radical (unpaired) electrons. The fourth-order valence-electron chi connectivity index (χ4n) is 2.47. The maximum atomic E-state index is 5.97. The third-order valence-corrected chi connectivity index (χ3v) is 3.77. The number of halogens is 1. The lowest BCUT2D eigenvalue weighted by molar-refractivity contribution is 0.211. The van der Waals surface area contributed by atoms with E-state index in [-0.39, 0.29) is 0 Å². The third-order valence-electron chi connectivity index (χ3n) is 3.60. The summed E-state index contributed by atoms with van der Waals surface area (Å²) in [5, 5.41) is 0. The predicted molar refractivity (Wildman–Crippen MR) is 87.2 cm³/mol. The summed E-state index contributed by atoms with van der Waals surface area (Å²) in [6.45, 7) is 4.16. The van der Waals surface area contributed by atoms with E-state index in [1.54, 1.807) is 0 Å². The molecule has 2 heteroatoms. The van der Waals surface area contributed by atoms with E-state index in [1.165, 1.54) is 11.1 Å². The molecule has 0 N–H and O–H groups in total. The van der Waals surface area contributed by atoms with Crippen LogP contribution in [0.1, 0.15) is 18.1 Å². The van der Waals surface area contributed by atoms with Gasteiger partial charge in [0.25, 0.3) is 0 Å². The summed E-state index contributed by atoms with van der Waals surface area (Å²) in [5.41, 5.74) is 2.73. The Morgan fingerprint density at radius 1 is 0.900 bits per heavy atom. The topological polar surface area (TPSA) is 3.24 Å². The first kappa shape index (κ1) is 15.1. The van der Waals surface area contributed by atoms with Crippen molar-refractivity contribution in [1.82, 2.24) is 4.90 Å². The van der Waals surface area contributed by atoms with Crippen LogP contribution in [0.5, 0.6) is 0 Å². The van der Waals surface area contributed by atoms with Crippen LogP contribution in [0.2, 0.25) is 0 Å². The molecule has 106 valence electrons. The van der Waals surface area contributed by atoms with E-state index in [2.05, 4.69) is 72.5 Å². The Morgan fingerprint density at radius 3 is 2.00 bits per heavy atom. The molecular weight excluding hydrogens is 266 g/mol. The van der Waals surface area contributed by atoms with Gasteiger partial charge in [-0.05, 0) is 24.5 Å². The molecule has 0 spiro atoms. The Kier molecular flexibility index (Phi) is 6.10. The van der Waals surface area contributed by atoms with Crippen molar-refractivity contribution in [2.24, 2.45) is 0 Å². The molecule has 0 saturated carbocycles. The molecule has 0 aromatic heterocycles. The highest BCUT2D eigenvalue weighted by Crippen LogP contribution is 2.13. The van der Waals surface area contributed by atoms with Crippen molar-refractivity contribution in [2.45, 2.75) is 25.9 Å². The molecule has 20 heavy (non-hydrogen) atoms. The van der Waals surface area contributed by atoms with Crippen LogP contribution in [0, 0.1) is 0 Å². The standard InChI is InChI=1S/C18H22ClN/c1-16(14-17-8-4-2-5-9-17)20(13-12-19)15-18-10-6-3-7-11-18/h2-11,16H,12-15H2,1H3/t16-/m1/s1. The number of hydrogen-bond acceptors (Lipinski definition) is 1. The van der Waals surface area contributed by atoms with Gasteiger partial charge in [0, 0.05) is 25.0 Å². The zero-order valence-electron chi connectivity index (χ0n) is 12.0. The van der Waals surface area contributed by atoms with Gasteiger partial charge in [-0.15, -0.1) is 11.6 Å². The Labute approximate surface area is 127 Å². The van der Waals surface area contributed by atoms with Crippen molar-refractivity contribution >= 4 is 11.6 Å². The smallest absolute Gasteiger partial charge is 0.0351 e. The van der Waals surface area contributed by atoms with Gasteiger partial charge < -0.3 is 0 Å². The second-order valence-corrected chi connectivity index (χ2v) is 5.56. The lowest BCUT2D eigenvalue weighted by Gasteiger charge is -2.28. The van der Waals surface area contributed by atoms with Crippen LogP contribution in [0.15, 0.2) is 60.7 Å². The van der Waals surface area contributed by atoms with E-state index in [4.69, 9.17) is 11.6 Å². The Hall–Kier alpha value is -1.31. The van der Waals surface area contributed by atoms with Crippen LogP contribution in [-0.4, -0.2) is 23.4 Å². The summed E-state index contributed by atoms with van der Waals surface area (Å²) in [5.74, 6) is 0.673. The minimum atomic E-state index is 0.483. The highest BCUT2D eigenvalue weighted by atomic mass is 35.5. The molecule has 0 aliphatic carbocycles. The molecule has 0 fully saturated rings. The minimum absolute atomic E-state index is 0.483. The van der Waals surface area contributed by atoms with Crippen molar-refractivity contribution in [3.05, 3.63) is 71.8 Å². The van der Waals surface area contributed by atoms with E-state index < -0.39 is 0 Å². The first-order chi connectivity index (χ1) is 9.79. The van der Waals surface area contributed by atoms with Gasteiger partial charge in [-0.3, -0.25) is 4.90 Å². The van der Waals surface area contributed by atoms with Gasteiger partial charge in [-0.2, -0.15) is 0 Å². The van der Waals surface area contributed by atoms with Gasteiger partial charge >= 0.3 is 0 Å². The average Bonchev–Trinajstić information content (AvgIpc) is 2.49. The summed E-state index contributed by atoms with van der Waals surface area (Å²) in [4.78, 5) is 2.45. The molecule has 0 heterocycles. The Balaban J connectivity index is 2.00. The molecule has 0 bridgehead atoms. The monoisotopic (exact) mass is 287 g/mol. The van der Waals surface area contributed by atoms with Crippen LogP contribution < -0.4 is 0 Å². The van der Waals surface area contributed by atoms with Crippen LogP contribution in [0.4, 0.5) is 0 Å². The summed E-state index contributed by atoms with van der Waals surface area (Å²) in [6, 6.07) is 21.7. The molecule has 0 saturated heterocycles. The SMILES string of the molecule is C[C@H](Cc1ccccc1)N(CCCl)Cc1ccccc1. The predicted octanol–water partition coefficient (Wildman–Crippen LogP) is 4.36. The number of rotatable bonds is 7. The maximum Gasteiger partial charge on any atom is 0.0351 e. The lowest BCUT2D eigenvalue weighted by Crippen LogP contribution is -2.35. The summed E-state index contributed by atoms with van der Waals surface area (Å²) in [7, 11) is 0. The lowest BCUT2D eigenvalue weighted by atomic mass is 10.1. The molecule has 2 aromatic carbocycles. The number of alkyl halides is 1. The molecule has 0 unspecified atom stereocenters. The van der Waals surface area contributed by atoms with E-state index in [1.807, 2.05) is 0 Å². The Morgan fingerprint density at radius 2 is 1.45 bits per heavy atom. The molecule has 2 aromatic rings. The molecule has 2 rings (SSSR count). The van der Waals surface area contributed by atoms with E-state index in [9.17, 15) is 0 Å². The van der Waals surface area contributed by atoms with Gasteiger partial charge in [-0.25, -0.2) is 0 Å². The van der Waals surface area contributed by atoms with Crippen molar-refractivity contribution in [3.8, 4) is 0 Å². The van der Waals surface area contributed by atoms with Gasteiger partial charge in [0.2, 0.25) is 0 Å². The van der Waals surface area contributed by atoms with Crippen molar-refractivity contribution in [2.75, 3.05) is 12.4 Å².